The van der Waals surface area contributed by atoms with E-state index in [1.165, 1.54) is 6.92 Å². The van der Waals surface area contributed by atoms with Gasteiger partial charge in [0.15, 0.2) is 0 Å². The van der Waals surface area contributed by atoms with Crippen molar-refractivity contribution in [2.45, 2.75) is 51.5 Å². The van der Waals surface area contributed by atoms with Crippen LogP contribution < -0.4 is 11.1 Å². The van der Waals surface area contributed by atoms with Gasteiger partial charge in [0.1, 0.15) is 6.04 Å². The Morgan fingerprint density at radius 1 is 1.04 bits per heavy atom. The Kier molecular flexibility index (Phi) is 6.78. The van der Waals surface area contributed by atoms with E-state index in [-0.39, 0.29) is 36.5 Å². The lowest BCUT2D eigenvalue weighted by Crippen LogP contribution is -2.49. The molecule has 25 heavy (non-hydrogen) atoms. The topological polar surface area (TPSA) is 113 Å². The van der Waals surface area contributed by atoms with E-state index in [0.717, 1.165) is 19.3 Å². The number of rotatable bonds is 6. The molecule has 0 unspecified atom stereocenters. The average molecular weight is 352 g/mol. The molecule has 1 aliphatic carbocycles. The number of hydrogen-bond donors (Lipinski definition) is 2. The van der Waals surface area contributed by atoms with Gasteiger partial charge in [0.05, 0.1) is 0 Å². The molecule has 8 heteroatoms. The van der Waals surface area contributed by atoms with Crippen LogP contribution in [0, 0.1) is 5.92 Å². The Labute approximate surface area is 148 Å². The normalized spacial score (nSPS) is 19.6. The zero-order valence-corrected chi connectivity index (χ0v) is 14.8. The van der Waals surface area contributed by atoms with Crippen molar-refractivity contribution in [3.8, 4) is 0 Å². The highest BCUT2D eigenvalue weighted by molar-refractivity contribution is 5.87. The van der Waals surface area contributed by atoms with Crippen molar-refractivity contribution in [3.63, 3.8) is 0 Å². The average Bonchev–Trinajstić information content (AvgIpc) is 2.74. The molecule has 4 amide bonds. The van der Waals surface area contributed by atoms with E-state index in [4.69, 9.17) is 5.73 Å². The van der Waals surface area contributed by atoms with E-state index in [0.29, 0.717) is 32.6 Å². The highest BCUT2D eigenvalue weighted by Gasteiger charge is 2.32. The number of primary amides is 1. The fraction of sp³-hybridized carbons (Fsp3) is 0.765. The van der Waals surface area contributed by atoms with Gasteiger partial charge in [-0.25, -0.2) is 0 Å². The number of amides is 4. The molecule has 0 bridgehead atoms. The fourth-order valence-electron chi connectivity index (χ4n) is 3.28. The van der Waals surface area contributed by atoms with E-state index in [2.05, 4.69) is 5.32 Å². The van der Waals surface area contributed by atoms with Crippen molar-refractivity contribution in [1.29, 1.82) is 0 Å². The van der Waals surface area contributed by atoms with Gasteiger partial charge in [0.25, 0.3) is 0 Å². The molecule has 2 fully saturated rings. The molecule has 2 rings (SSSR count). The van der Waals surface area contributed by atoms with Crippen LogP contribution in [0.3, 0.4) is 0 Å². The molecule has 0 spiro atoms. The third-order valence-corrected chi connectivity index (χ3v) is 4.93. The molecule has 8 nitrogen and oxygen atoms in total. The number of nitrogens with one attached hydrogen (secondary N) is 1. The number of carbonyl (C=O) groups excluding carboxylic acids is 4. The number of nitrogens with zero attached hydrogens (tertiary/aromatic N) is 2. The summed E-state index contributed by atoms with van der Waals surface area (Å²) < 4.78 is 0. The largest absolute Gasteiger partial charge is 0.370 e. The lowest BCUT2D eigenvalue weighted by Gasteiger charge is -2.31. The summed E-state index contributed by atoms with van der Waals surface area (Å²) in [4.78, 5) is 51.0. The second-order valence-corrected chi connectivity index (χ2v) is 6.89. The molecular formula is C17H28N4O4. The van der Waals surface area contributed by atoms with Crippen molar-refractivity contribution in [1.82, 2.24) is 15.1 Å². The monoisotopic (exact) mass is 352 g/mol. The van der Waals surface area contributed by atoms with Gasteiger partial charge in [-0.3, -0.25) is 19.2 Å². The second-order valence-electron chi connectivity index (χ2n) is 6.89. The standard InChI is InChI=1S/C17H28N4O4/c1-12(22)19-14(6-7-15(18)23)17(25)21-9-3-8-20(10-11-21)16(24)13-4-2-5-13/h13-14H,2-11H2,1H3,(H2,18,23)(H,19,22)/t14-/m0/s1. The summed E-state index contributed by atoms with van der Waals surface area (Å²) in [6.07, 6.45) is 4.00. The van der Waals surface area contributed by atoms with Crippen LogP contribution in [0.1, 0.15) is 45.4 Å². The molecule has 1 atom stereocenters. The highest BCUT2D eigenvalue weighted by Crippen LogP contribution is 2.28. The van der Waals surface area contributed by atoms with E-state index in [1.807, 2.05) is 4.90 Å². The summed E-state index contributed by atoms with van der Waals surface area (Å²) in [7, 11) is 0. The molecular weight excluding hydrogens is 324 g/mol. The zero-order chi connectivity index (χ0) is 18.4. The van der Waals surface area contributed by atoms with Gasteiger partial charge in [-0.05, 0) is 25.7 Å². The predicted octanol–water partition coefficient (Wildman–Crippen LogP) is -0.382. The van der Waals surface area contributed by atoms with Crippen LogP contribution in [0.15, 0.2) is 0 Å². The quantitative estimate of drug-likeness (QED) is 0.678. The van der Waals surface area contributed by atoms with Crippen LogP contribution in [-0.2, 0) is 19.2 Å². The molecule has 1 heterocycles. The second kappa shape index (κ2) is 8.82. The van der Waals surface area contributed by atoms with Gasteiger partial charge in [-0.2, -0.15) is 0 Å². The predicted molar refractivity (Wildman–Crippen MR) is 91.2 cm³/mol. The minimum Gasteiger partial charge on any atom is -0.370 e. The van der Waals surface area contributed by atoms with Crippen molar-refractivity contribution < 1.29 is 19.2 Å². The summed E-state index contributed by atoms with van der Waals surface area (Å²) >= 11 is 0. The molecule has 3 N–H and O–H groups in total. The molecule has 140 valence electrons. The molecule has 1 aliphatic heterocycles. The molecule has 0 aromatic rings. The van der Waals surface area contributed by atoms with Crippen LogP contribution in [0.4, 0.5) is 0 Å². The Bertz CT molecular complexity index is 533. The Balaban J connectivity index is 1.93. The lowest BCUT2D eigenvalue weighted by molar-refractivity contribution is -0.139. The maximum absolute atomic E-state index is 12.7. The van der Waals surface area contributed by atoms with Gasteiger partial charge in [0, 0.05) is 45.4 Å². The fourth-order valence-corrected chi connectivity index (χ4v) is 3.28. The highest BCUT2D eigenvalue weighted by atomic mass is 16.2. The van der Waals surface area contributed by atoms with Crippen LogP contribution in [0.25, 0.3) is 0 Å². The Morgan fingerprint density at radius 2 is 1.68 bits per heavy atom. The van der Waals surface area contributed by atoms with E-state index in [1.54, 1.807) is 4.90 Å². The van der Waals surface area contributed by atoms with Crippen LogP contribution in [-0.4, -0.2) is 65.6 Å². The van der Waals surface area contributed by atoms with Crippen molar-refractivity contribution in [3.05, 3.63) is 0 Å². The lowest BCUT2D eigenvalue weighted by atomic mass is 9.84. The summed E-state index contributed by atoms with van der Waals surface area (Å²) in [5.74, 6) is -0.678. The maximum atomic E-state index is 12.7. The number of carbonyl (C=O) groups is 4. The Hall–Kier alpha value is -2.12. The molecule has 1 saturated carbocycles. The van der Waals surface area contributed by atoms with Crippen molar-refractivity contribution in [2.75, 3.05) is 26.2 Å². The zero-order valence-electron chi connectivity index (χ0n) is 14.8. The first kappa shape index (κ1) is 19.2. The molecule has 0 radical (unpaired) electrons. The number of nitrogens with two attached hydrogens (primary N) is 1. The third kappa shape index (κ3) is 5.44. The first-order valence-electron chi connectivity index (χ1n) is 9.01. The summed E-state index contributed by atoms with van der Waals surface area (Å²) in [6, 6.07) is -0.751. The van der Waals surface area contributed by atoms with Crippen molar-refractivity contribution in [2.24, 2.45) is 11.7 Å². The van der Waals surface area contributed by atoms with E-state index in [9.17, 15) is 19.2 Å². The molecule has 0 aromatic heterocycles. The Morgan fingerprint density at radius 3 is 2.24 bits per heavy atom. The van der Waals surface area contributed by atoms with Gasteiger partial charge < -0.3 is 20.9 Å². The third-order valence-electron chi connectivity index (χ3n) is 4.93. The number of hydrogen-bond acceptors (Lipinski definition) is 4. The molecule has 0 aromatic carbocycles. The summed E-state index contributed by atoms with van der Waals surface area (Å²) in [5.41, 5.74) is 5.15. The summed E-state index contributed by atoms with van der Waals surface area (Å²) in [5, 5.41) is 2.60. The minimum absolute atomic E-state index is 0.0385. The summed E-state index contributed by atoms with van der Waals surface area (Å²) in [6.45, 7) is 3.50. The van der Waals surface area contributed by atoms with Gasteiger partial charge in [-0.1, -0.05) is 6.42 Å². The SMILES string of the molecule is CC(=O)N[C@@H](CCC(N)=O)C(=O)N1CCCN(C(=O)C2CCC2)CC1. The molecule has 2 aliphatic rings. The van der Waals surface area contributed by atoms with Crippen molar-refractivity contribution >= 4 is 23.6 Å². The van der Waals surface area contributed by atoms with Crippen LogP contribution >= 0.6 is 0 Å². The first-order chi connectivity index (χ1) is 11.9. The van der Waals surface area contributed by atoms with Crippen LogP contribution in [0.5, 0.6) is 0 Å². The smallest absolute Gasteiger partial charge is 0.245 e. The van der Waals surface area contributed by atoms with E-state index >= 15 is 0 Å². The maximum Gasteiger partial charge on any atom is 0.245 e. The van der Waals surface area contributed by atoms with Gasteiger partial charge in [0.2, 0.25) is 23.6 Å². The first-order valence-corrected chi connectivity index (χ1v) is 9.01. The van der Waals surface area contributed by atoms with Gasteiger partial charge in [-0.15, -0.1) is 0 Å². The van der Waals surface area contributed by atoms with E-state index < -0.39 is 11.9 Å². The van der Waals surface area contributed by atoms with Gasteiger partial charge >= 0.3 is 0 Å². The minimum atomic E-state index is -0.751. The van der Waals surface area contributed by atoms with Crippen LogP contribution in [0.2, 0.25) is 0 Å². The molecule has 1 saturated heterocycles.